The number of likely N-dealkylation sites (N-methyl/N-ethyl adjacent to an activating group) is 1. The molecule has 1 unspecified atom stereocenters. The molecule has 5 nitrogen and oxygen atoms in total. The third kappa shape index (κ3) is 1.81. The van der Waals surface area contributed by atoms with Crippen molar-refractivity contribution in [2.24, 2.45) is 0 Å². The SMILES string of the molecule is CN1C(=O)c2ccccc2C(C(=O)N2CCCC2)C1=O. The van der Waals surface area contributed by atoms with Crippen LogP contribution in [0.25, 0.3) is 0 Å². The summed E-state index contributed by atoms with van der Waals surface area (Å²) in [4.78, 5) is 39.8. The molecule has 0 aromatic heterocycles. The van der Waals surface area contributed by atoms with Crippen molar-refractivity contribution in [3.05, 3.63) is 35.4 Å². The van der Waals surface area contributed by atoms with Crippen molar-refractivity contribution < 1.29 is 14.4 Å². The fourth-order valence-corrected chi connectivity index (χ4v) is 2.91. The summed E-state index contributed by atoms with van der Waals surface area (Å²) in [6, 6.07) is 6.88. The topological polar surface area (TPSA) is 57.7 Å². The Morgan fingerprint density at radius 1 is 1.15 bits per heavy atom. The van der Waals surface area contributed by atoms with Gasteiger partial charge in [-0.3, -0.25) is 19.3 Å². The molecule has 0 aliphatic carbocycles. The fourth-order valence-electron chi connectivity index (χ4n) is 2.91. The van der Waals surface area contributed by atoms with Crippen LogP contribution in [0.1, 0.15) is 34.7 Å². The van der Waals surface area contributed by atoms with Gasteiger partial charge >= 0.3 is 0 Å². The van der Waals surface area contributed by atoms with E-state index < -0.39 is 11.8 Å². The Morgan fingerprint density at radius 3 is 2.50 bits per heavy atom. The summed E-state index contributed by atoms with van der Waals surface area (Å²) in [5, 5.41) is 0. The first-order valence-corrected chi connectivity index (χ1v) is 6.81. The van der Waals surface area contributed by atoms with Crippen molar-refractivity contribution >= 4 is 17.7 Å². The van der Waals surface area contributed by atoms with Crippen molar-refractivity contribution in [1.29, 1.82) is 0 Å². The Balaban J connectivity index is 2.04. The van der Waals surface area contributed by atoms with Crippen molar-refractivity contribution in [2.45, 2.75) is 18.8 Å². The Labute approximate surface area is 117 Å². The Bertz CT molecular complexity index is 591. The van der Waals surface area contributed by atoms with Crippen LogP contribution >= 0.6 is 0 Å². The molecular weight excluding hydrogens is 256 g/mol. The van der Waals surface area contributed by atoms with Crippen molar-refractivity contribution in [3.8, 4) is 0 Å². The molecule has 5 heteroatoms. The highest BCUT2D eigenvalue weighted by atomic mass is 16.2. The minimum atomic E-state index is -0.869. The Hall–Kier alpha value is -2.17. The minimum Gasteiger partial charge on any atom is -0.342 e. The molecule has 2 heterocycles. The summed E-state index contributed by atoms with van der Waals surface area (Å²) >= 11 is 0. The first-order valence-electron chi connectivity index (χ1n) is 6.81. The lowest BCUT2D eigenvalue weighted by Crippen LogP contribution is -2.48. The van der Waals surface area contributed by atoms with E-state index in [0.29, 0.717) is 24.2 Å². The number of imide groups is 1. The average molecular weight is 272 g/mol. The lowest BCUT2D eigenvalue weighted by Gasteiger charge is -2.31. The molecule has 2 aliphatic rings. The summed E-state index contributed by atoms with van der Waals surface area (Å²) in [6.07, 6.45) is 1.95. The van der Waals surface area contributed by atoms with Crippen LogP contribution in [0, 0.1) is 0 Å². The number of benzene rings is 1. The van der Waals surface area contributed by atoms with Gasteiger partial charge in [0.25, 0.3) is 5.91 Å². The molecule has 0 radical (unpaired) electrons. The smallest absolute Gasteiger partial charge is 0.260 e. The van der Waals surface area contributed by atoms with Crippen molar-refractivity contribution in [3.63, 3.8) is 0 Å². The van der Waals surface area contributed by atoms with E-state index in [0.717, 1.165) is 17.7 Å². The van der Waals surface area contributed by atoms with E-state index in [1.807, 2.05) is 0 Å². The molecule has 104 valence electrons. The van der Waals surface area contributed by atoms with E-state index in [1.54, 1.807) is 29.2 Å². The molecule has 0 saturated carbocycles. The number of carbonyl (C=O) groups excluding carboxylic acids is 3. The molecule has 0 bridgehead atoms. The number of amides is 3. The molecule has 1 atom stereocenters. The number of rotatable bonds is 1. The maximum Gasteiger partial charge on any atom is 0.260 e. The van der Waals surface area contributed by atoms with E-state index in [1.165, 1.54) is 7.05 Å². The van der Waals surface area contributed by atoms with Gasteiger partial charge in [-0.2, -0.15) is 0 Å². The van der Waals surface area contributed by atoms with Crippen LogP contribution in [-0.2, 0) is 9.59 Å². The second-order valence-electron chi connectivity index (χ2n) is 5.26. The minimum absolute atomic E-state index is 0.181. The number of nitrogens with zero attached hydrogens (tertiary/aromatic N) is 2. The maximum atomic E-state index is 12.6. The number of likely N-dealkylation sites (tertiary alicyclic amines) is 1. The summed E-state index contributed by atoms with van der Waals surface area (Å²) in [5.41, 5.74) is 0.990. The number of carbonyl (C=O) groups is 3. The van der Waals surface area contributed by atoms with E-state index >= 15 is 0 Å². The van der Waals surface area contributed by atoms with Gasteiger partial charge in [0.15, 0.2) is 0 Å². The molecule has 2 aliphatic heterocycles. The number of hydrogen-bond donors (Lipinski definition) is 0. The lowest BCUT2D eigenvalue weighted by atomic mass is 9.87. The van der Waals surface area contributed by atoms with Gasteiger partial charge in [0.2, 0.25) is 11.8 Å². The van der Waals surface area contributed by atoms with Gasteiger partial charge in [0, 0.05) is 25.7 Å². The first kappa shape index (κ1) is 12.8. The van der Waals surface area contributed by atoms with Crippen LogP contribution < -0.4 is 0 Å². The third-order valence-corrected chi connectivity index (χ3v) is 4.05. The summed E-state index contributed by atoms with van der Waals surface area (Å²) in [5.74, 6) is -1.81. The highest BCUT2D eigenvalue weighted by molar-refractivity contribution is 6.18. The van der Waals surface area contributed by atoms with Gasteiger partial charge in [-0.15, -0.1) is 0 Å². The first-order chi connectivity index (χ1) is 9.61. The lowest BCUT2D eigenvalue weighted by molar-refractivity contribution is -0.141. The van der Waals surface area contributed by atoms with Crippen LogP contribution in [-0.4, -0.2) is 47.7 Å². The van der Waals surface area contributed by atoms with Crippen molar-refractivity contribution in [1.82, 2.24) is 9.80 Å². The summed E-state index contributed by atoms with van der Waals surface area (Å²) in [7, 11) is 1.44. The largest absolute Gasteiger partial charge is 0.342 e. The van der Waals surface area contributed by atoms with Crippen LogP contribution in [0.4, 0.5) is 0 Å². The quantitative estimate of drug-likeness (QED) is 0.566. The zero-order valence-corrected chi connectivity index (χ0v) is 11.3. The molecule has 0 N–H and O–H groups in total. The zero-order chi connectivity index (χ0) is 14.3. The van der Waals surface area contributed by atoms with Crippen LogP contribution in [0.2, 0.25) is 0 Å². The summed E-state index contributed by atoms with van der Waals surface area (Å²) in [6.45, 7) is 1.39. The molecule has 1 aromatic carbocycles. The van der Waals surface area contributed by atoms with Gasteiger partial charge in [-0.05, 0) is 24.5 Å². The van der Waals surface area contributed by atoms with E-state index in [4.69, 9.17) is 0 Å². The second-order valence-corrected chi connectivity index (χ2v) is 5.26. The third-order valence-electron chi connectivity index (χ3n) is 4.05. The molecule has 1 fully saturated rings. The maximum absolute atomic E-state index is 12.6. The van der Waals surface area contributed by atoms with Crippen LogP contribution in [0.5, 0.6) is 0 Å². The zero-order valence-electron chi connectivity index (χ0n) is 11.3. The number of hydrogen-bond acceptors (Lipinski definition) is 3. The summed E-state index contributed by atoms with van der Waals surface area (Å²) < 4.78 is 0. The molecule has 1 aromatic rings. The normalized spacial score (nSPS) is 22.1. The standard InChI is InChI=1S/C15H16N2O3/c1-16-13(18)11-7-3-2-6-10(11)12(14(16)19)15(20)17-8-4-5-9-17/h2-3,6-7,12H,4-5,8-9H2,1H3. The molecule has 3 rings (SSSR count). The molecular formula is C15H16N2O3. The molecule has 20 heavy (non-hydrogen) atoms. The number of fused-ring (bicyclic) bond motifs is 1. The van der Waals surface area contributed by atoms with Gasteiger partial charge in [0.05, 0.1) is 0 Å². The predicted molar refractivity (Wildman–Crippen MR) is 72.1 cm³/mol. The Morgan fingerprint density at radius 2 is 1.80 bits per heavy atom. The van der Waals surface area contributed by atoms with Crippen LogP contribution in [0.15, 0.2) is 24.3 Å². The van der Waals surface area contributed by atoms with Gasteiger partial charge in [-0.25, -0.2) is 0 Å². The predicted octanol–water partition coefficient (Wildman–Crippen LogP) is 1.00. The van der Waals surface area contributed by atoms with E-state index in [2.05, 4.69) is 0 Å². The molecule has 1 saturated heterocycles. The van der Waals surface area contributed by atoms with Gasteiger partial charge in [-0.1, -0.05) is 18.2 Å². The second kappa shape index (κ2) is 4.74. The Kier molecular flexibility index (Phi) is 3.04. The highest BCUT2D eigenvalue weighted by Gasteiger charge is 2.42. The highest BCUT2D eigenvalue weighted by Crippen LogP contribution is 2.31. The van der Waals surface area contributed by atoms with E-state index in [9.17, 15) is 14.4 Å². The van der Waals surface area contributed by atoms with Gasteiger partial charge in [0.1, 0.15) is 5.92 Å². The molecule has 3 amide bonds. The molecule has 0 spiro atoms. The monoisotopic (exact) mass is 272 g/mol. The van der Waals surface area contributed by atoms with Crippen LogP contribution in [0.3, 0.4) is 0 Å². The van der Waals surface area contributed by atoms with Crippen molar-refractivity contribution in [2.75, 3.05) is 20.1 Å². The average Bonchev–Trinajstić information content (AvgIpc) is 2.99. The van der Waals surface area contributed by atoms with E-state index in [-0.39, 0.29) is 11.8 Å². The fraction of sp³-hybridized carbons (Fsp3) is 0.400. The van der Waals surface area contributed by atoms with Gasteiger partial charge < -0.3 is 4.90 Å².